The highest BCUT2D eigenvalue weighted by molar-refractivity contribution is 5.93. The summed E-state index contributed by atoms with van der Waals surface area (Å²) in [6, 6.07) is 13.8. The van der Waals surface area contributed by atoms with Crippen molar-refractivity contribution < 1.29 is 9.18 Å². The van der Waals surface area contributed by atoms with Crippen LogP contribution in [0, 0.1) is 12.7 Å². The van der Waals surface area contributed by atoms with Crippen molar-refractivity contribution in [1.82, 2.24) is 20.2 Å². The van der Waals surface area contributed by atoms with Gasteiger partial charge >= 0.3 is 0 Å². The number of para-hydroxylation sites is 1. The number of aromatic nitrogens is 4. The first-order valence-electron chi connectivity index (χ1n) is 7.41. The number of amides is 1. The highest BCUT2D eigenvalue weighted by Crippen LogP contribution is 2.19. The number of rotatable bonds is 4. The molecule has 0 aliphatic heterocycles. The summed E-state index contributed by atoms with van der Waals surface area (Å²) in [6.45, 7) is 1.86. The summed E-state index contributed by atoms with van der Waals surface area (Å²) in [5.41, 5.74) is 2.06. The number of hydrogen-bond acceptors (Lipinski definition) is 4. The third kappa shape index (κ3) is 3.15. The standard InChI is InChI=1S/C17H16FN5O/c1-12-7-3-6-10-15(12)22(2)16(24)11-23-20-17(19-21-23)13-8-4-5-9-14(13)18/h3-10H,11H2,1-2H3. The molecule has 0 fully saturated rings. The average molecular weight is 325 g/mol. The molecule has 0 aliphatic carbocycles. The maximum absolute atomic E-state index is 13.7. The first-order valence-corrected chi connectivity index (χ1v) is 7.41. The zero-order chi connectivity index (χ0) is 17.1. The van der Waals surface area contributed by atoms with Crippen molar-refractivity contribution in [1.29, 1.82) is 0 Å². The molecule has 0 radical (unpaired) electrons. The van der Waals surface area contributed by atoms with Crippen molar-refractivity contribution >= 4 is 11.6 Å². The minimum atomic E-state index is -0.430. The number of hydrogen-bond donors (Lipinski definition) is 0. The third-order valence-electron chi connectivity index (χ3n) is 3.70. The van der Waals surface area contributed by atoms with Crippen LogP contribution in [0.2, 0.25) is 0 Å². The van der Waals surface area contributed by atoms with Crippen molar-refractivity contribution in [2.75, 3.05) is 11.9 Å². The van der Waals surface area contributed by atoms with Gasteiger partial charge in [-0.1, -0.05) is 30.3 Å². The van der Waals surface area contributed by atoms with E-state index in [0.717, 1.165) is 11.3 Å². The van der Waals surface area contributed by atoms with E-state index in [4.69, 9.17) is 0 Å². The maximum Gasteiger partial charge on any atom is 0.250 e. The van der Waals surface area contributed by atoms with Gasteiger partial charge in [-0.25, -0.2) is 4.39 Å². The van der Waals surface area contributed by atoms with Crippen molar-refractivity contribution in [3.05, 3.63) is 59.9 Å². The van der Waals surface area contributed by atoms with Gasteiger partial charge in [0, 0.05) is 12.7 Å². The zero-order valence-electron chi connectivity index (χ0n) is 13.3. The molecule has 1 amide bonds. The van der Waals surface area contributed by atoms with Gasteiger partial charge in [-0.3, -0.25) is 4.79 Å². The second-order valence-electron chi connectivity index (χ2n) is 5.36. The van der Waals surface area contributed by atoms with E-state index >= 15 is 0 Å². The number of anilines is 1. The fourth-order valence-electron chi connectivity index (χ4n) is 2.36. The predicted molar refractivity (Wildman–Crippen MR) is 87.8 cm³/mol. The van der Waals surface area contributed by atoms with Crippen molar-refractivity contribution in [3.63, 3.8) is 0 Å². The molecule has 122 valence electrons. The van der Waals surface area contributed by atoms with E-state index in [1.54, 1.807) is 30.1 Å². The SMILES string of the molecule is Cc1ccccc1N(C)C(=O)Cn1nnc(-c2ccccc2F)n1. The molecule has 0 unspecified atom stereocenters. The number of nitrogens with zero attached hydrogens (tertiary/aromatic N) is 5. The molecule has 0 saturated carbocycles. The van der Waals surface area contributed by atoms with Crippen LogP contribution < -0.4 is 4.90 Å². The highest BCUT2D eigenvalue weighted by atomic mass is 19.1. The number of halogens is 1. The number of likely N-dealkylation sites (N-methyl/N-ethyl adjacent to an activating group) is 1. The summed E-state index contributed by atoms with van der Waals surface area (Å²) in [5.74, 6) is -0.471. The van der Waals surface area contributed by atoms with E-state index in [9.17, 15) is 9.18 Å². The van der Waals surface area contributed by atoms with Crippen LogP contribution >= 0.6 is 0 Å². The fourth-order valence-corrected chi connectivity index (χ4v) is 2.36. The lowest BCUT2D eigenvalue weighted by Gasteiger charge is -2.18. The van der Waals surface area contributed by atoms with Gasteiger partial charge in [0.2, 0.25) is 11.7 Å². The molecule has 3 aromatic rings. The molecule has 0 bridgehead atoms. The zero-order valence-corrected chi connectivity index (χ0v) is 13.3. The van der Waals surface area contributed by atoms with Crippen LogP contribution in [0.25, 0.3) is 11.4 Å². The lowest BCUT2D eigenvalue weighted by Crippen LogP contribution is -2.31. The smallest absolute Gasteiger partial charge is 0.250 e. The Labute approximate surface area is 138 Å². The predicted octanol–water partition coefficient (Wildman–Crippen LogP) is 2.45. The van der Waals surface area contributed by atoms with Crippen molar-refractivity contribution in [2.45, 2.75) is 13.5 Å². The molecule has 6 nitrogen and oxygen atoms in total. The highest BCUT2D eigenvalue weighted by Gasteiger charge is 2.16. The average Bonchev–Trinajstić information content (AvgIpc) is 3.03. The summed E-state index contributed by atoms with van der Waals surface area (Å²) in [6.07, 6.45) is 0. The molecule has 0 spiro atoms. The Morgan fingerprint density at radius 2 is 1.88 bits per heavy atom. The van der Waals surface area contributed by atoms with Gasteiger partial charge in [0.15, 0.2) is 0 Å². The topological polar surface area (TPSA) is 63.9 Å². The molecule has 24 heavy (non-hydrogen) atoms. The largest absolute Gasteiger partial charge is 0.314 e. The molecule has 7 heteroatoms. The molecule has 0 N–H and O–H groups in total. The summed E-state index contributed by atoms with van der Waals surface area (Å²) >= 11 is 0. The van der Waals surface area contributed by atoms with Crippen LogP contribution in [0.1, 0.15) is 5.56 Å². The molecular weight excluding hydrogens is 309 g/mol. The van der Waals surface area contributed by atoms with Crippen LogP contribution in [0.5, 0.6) is 0 Å². The molecule has 1 heterocycles. The maximum atomic E-state index is 13.7. The van der Waals surface area contributed by atoms with Crippen molar-refractivity contribution in [3.8, 4) is 11.4 Å². The van der Waals surface area contributed by atoms with Crippen molar-refractivity contribution in [2.24, 2.45) is 0 Å². The quantitative estimate of drug-likeness (QED) is 0.739. The van der Waals surface area contributed by atoms with E-state index < -0.39 is 5.82 Å². The Hall–Kier alpha value is -3.09. The minimum absolute atomic E-state index is 0.0771. The number of tetrazole rings is 1. The first-order chi connectivity index (χ1) is 11.6. The molecule has 0 aliphatic rings. The Kier molecular flexibility index (Phi) is 4.33. The Balaban J connectivity index is 1.76. The van der Waals surface area contributed by atoms with Crippen LogP contribution in [0.15, 0.2) is 48.5 Å². The van der Waals surface area contributed by atoms with Crippen LogP contribution in [0.3, 0.4) is 0 Å². The lowest BCUT2D eigenvalue weighted by atomic mass is 10.2. The number of aryl methyl sites for hydroxylation is 1. The van der Waals surface area contributed by atoms with Gasteiger partial charge in [-0.15, -0.1) is 10.2 Å². The lowest BCUT2D eigenvalue weighted by molar-refractivity contribution is -0.119. The Bertz CT molecular complexity index is 877. The summed E-state index contributed by atoms with van der Waals surface area (Å²) in [4.78, 5) is 15.1. The molecule has 3 rings (SSSR count). The Morgan fingerprint density at radius 1 is 1.17 bits per heavy atom. The second-order valence-corrected chi connectivity index (χ2v) is 5.36. The van der Waals surface area contributed by atoms with Gasteiger partial charge in [0.25, 0.3) is 0 Å². The number of carbonyl (C=O) groups is 1. The van der Waals surface area contributed by atoms with E-state index in [2.05, 4.69) is 15.4 Å². The van der Waals surface area contributed by atoms with Crippen LogP contribution in [0.4, 0.5) is 10.1 Å². The second kappa shape index (κ2) is 6.57. The van der Waals surface area contributed by atoms with Gasteiger partial charge in [0.05, 0.1) is 5.56 Å². The monoisotopic (exact) mass is 325 g/mol. The Morgan fingerprint density at radius 3 is 2.62 bits per heavy atom. The fraction of sp³-hybridized carbons (Fsp3) is 0.176. The first kappa shape index (κ1) is 15.8. The molecular formula is C17H16FN5O. The van der Waals surface area contributed by atoms with E-state index in [1.807, 2.05) is 31.2 Å². The summed E-state index contributed by atoms with van der Waals surface area (Å²) in [5, 5.41) is 11.7. The van der Waals surface area contributed by atoms with Gasteiger partial charge in [-0.05, 0) is 35.9 Å². The summed E-state index contributed by atoms with van der Waals surface area (Å²) < 4.78 is 13.7. The number of carbonyl (C=O) groups excluding carboxylic acids is 1. The minimum Gasteiger partial charge on any atom is -0.314 e. The van der Waals surface area contributed by atoms with Gasteiger partial charge in [0.1, 0.15) is 12.4 Å². The molecule has 1 aromatic heterocycles. The third-order valence-corrected chi connectivity index (χ3v) is 3.70. The number of benzene rings is 2. The normalized spacial score (nSPS) is 10.6. The molecule has 0 atom stereocenters. The molecule has 0 saturated heterocycles. The van der Waals surface area contributed by atoms with E-state index in [0.29, 0.717) is 0 Å². The van der Waals surface area contributed by atoms with Gasteiger partial charge < -0.3 is 4.90 Å². The van der Waals surface area contributed by atoms with Gasteiger partial charge in [-0.2, -0.15) is 4.80 Å². The summed E-state index contributed by atoms with van der Waals surface area (Å²) in [7, 11) is 1.69. The van der Waals surface area contributed by atoms with Crippen LogP contribution in [-0.2, 0) is 11.3 Å². The molecule has 2 aromatic carbocycles. The van der Waals surface area contributed by atoms with E-state index in [-0.39, 0.29) is 23.8 Å². The van der Waals surface area contributed by atoms with Crippen LogP contribution in [-0.4, -0.2) is 33.2 Å². The van der Waals surface area contributed by atoms with E-state index in [1.165, 1.54) is 10.9 Å².